The average molecular weight is 226 g/mol. The van der Waals surface area contributed by atoms with Crippen LogP contribution in [0.3, 0.4) is 0 Å². The summed E-state index contributed by atoms with van der Waals surface area (Å²) in [7, 11) is 0. The minimum atomic E-state index is 0.0208. The summed E-state index contributed by atoms with van der Waals surface area (Å²) in [5.41, 5.74) is 0.980. The lowest BCUT2D eigenvalue weighted by Crippen LogP contribution is -2.46. The predicted molar refractivity (Wildman–Crippen MR) is 66.8 cm³/mol. The quantitative estimate of drug-likeness (QED) is 0.730. The lowest BCUT2D eigenvalue weighted by molar-refractivity contribution is -0.124. The van der Waals surface area contributed by atoms with Crippen LogP contribution in [0, 0.1) is 5.92 Å². The Morgan fingerprint density at radius 1 is 1.12 bits per heavy atom. The smallest absolute Gasteiger partial charge is 0.231 e. The van der Waals surface area contributed by atoms with Crippen molar-refractivity contribution in [2.24, 2.45) is 10.9 Å². The van der Waals surface area contributed by atoms with Gasteiger partial charge in [-0.05, 0) is 12.8 Å². The highest BCUT2D eigenvalue weighted by Gasteiger charge is 2.33. The molecule has 2 atom stereocenters. The van der Waals surface area contributed by atoms with Crippen molar-refractivity contribution in [1.82, 2.24) is 5.32 Å². The second-order valence-corrected chi connectivity index (χ2v) is 4.45. The number of nitrogens with one attached hydrogen (secondary N) is 1. The Balaban J connectivity index is 1.95. The molecule has 0 saturated heterocycles. The van der Waals surface area contributed by atoms with Gasteiger partial charge in [-0.2, -0.15) is 0 Å². The van der Waals surface area contributed by atoms with Crippen LogP contribution >= 0.6 is 0 Å². The number of allylic oxidation sites excluding steroid dienone is 1. The molecule has 86 valence electrons. The van der Waals surface area contributed by atoms with Crippen LogP contribution in [0.1, 0.15) is 18.4 Å². The Labute approximate surface area is 100 Å². The average Bonchev–Trinajstić information content (AvgIpc) is 2.40. The van der Waals surface area contributed by atoms with E-state index in [1.54, 1.807) is 0 Å². The largest absolute Gasteiger partial charge is 0.310 e. The molecule has 1 heterocycles. The molecule has 17 heavy (non-hydrogen) atoms. The lowest BCUT2D eigenvalue weighted by atomic mass is 9.87. The molecule has 1 amide bonds. The zero-order valence-corrected chi connectivity index (χ0v) is 9.47. The second-order valence-electron chi connectivity index (χ2n) is 4.45. The zero-order chi connectivity index (χ0) is 11.7. The number of carbonyl (C=O) groups excluding carboxylic acids is 1. The maximum absolute atomic E-state index is 12.0. The number of amides is 1. The van der Waals surface area contributed by atoms with Crippen molar-refractivity contribution < 1.29 is 4.79 Å². The standard InChI is InChI=1S/C14H14N2O/c17-14-11-8-4-5-9-12(11)15-13(16-14)10-6-2-1-3-7-10/h1-7,11-12H,8-9H2,(H,15,16,17)/t11-,12-/m1/s1. The highest BCUT2D eigenvalue weighted by Crippen LogP contribution is 2.25. The maximum atomic E-state index is 12.0. The second kappa shape index (κ2) is 4.17. The van der Waals surface area contributed by atoms with E-state index in [1.165, 1.54) is 0 Å². The Kier molecular flexibility index (Phi) is 2.52. The highest BCUT2D eigenvalue weighted by molar-refractivity contribution is 6.10. The van der Waals surface area contributed by atoms with Gasteiger partial charge in [0.1, 0.15) is 5.84 Å². The molecule has 0 bridgehead atoms. The van der Waals surface area contributed by atoms with E-state index in [0.29, 0.717) is 5.84 Å². The number of rotatable bonds is 1. The van der Waals surface area contributed by atoms with E-state index in [4.69, 9.17) is 0 Å². The van der Waals surface area contributed by atoms with E-state index in [2.05, 4.69) is 22.5 Å². The number of amidine groups is 1. The van der Waals surface area contributed by atoms with Gasteiger partial charge in [0.15, 0.2) is 0 Å². The third-order valence-corrected chi connectivity index (χ3v) is 3.32. The molecule has 2 aliphatic rings. The van der Waals surface area contributed by atoms with Gasteiger partial charge >= 0.3 is 0 Å². The van der Waals surface area contributed by atoms with E-state index in [-0.39, 0.29) is 17.9 Å². The number of hydrogen-bond acceptors (Lipinski definition) is 2. The maximum Gasteiger partial charge on any atom is 0.231 e. The number of hydrogen-bond donors (Lipinski definition) is 1. The summed E-state index contributed by atoms with van der Waals surface area (Å²) in [5.74, 6) is 0.841. The first kappa shape index (κ1) is 10.3. The third kappa shape index (κ3) is 1.88. The Morgan fingerprint density at radius 2 is 1.88 bits per heavy atom. The van der Waals surface area contributed by atoms with Crippen molar-refractivity contribution in [2.45, 2.75) is 18.9 Å². The Morgan fingerprint density at radius 3 is 2.71 bits per heavy atom. The van der Waals surface area contributed by atoms with Gasteiger partial charge in [0.25, 0.3) is 0 Å². The molecule has 3 heteroatoms. The fourth-order valence-electron chi connectivity index (χ4n) is 2.37. The van der Waals surface area contributed by atoms with Crippen LogP contribution < -0.4 is 5.32 Å². The number of aliphatic imine (C=N–C) groups is 1. The van der Waals surface area contributed by atoms with Crippen molar-refractivity contribution >= 4 is 11.7 Å². The molecular formula is C14H14N2O. The summed E-state index contributed by atoms with van der Waals surface area (Å²) in [6, 6.07) is 9.93. The van der Waals surface area contributed by atoms with Crippen LogP contribution in [0.5, 0.6) is 0 Å². The normalized spacial score (nSPS) is 27.1. The first-order chi connectivity index (χ1) is 8.34. The minimum absolute atomic E-state index is 0.0208. The molecular weight excluding hydrogens is 212 g/mol. The van der Waals surface area contributed by atoms with Gasteiger partial charge in [0, 0.05) is 5.56 Å². The summed E-state index contributed by atoms with van der Waals surface area (Å²) in [4.78, 5) is 16.6. The Bertz CT molecular complexity index is 490. The number of carbonyl (C=O) groups is 1. The molecule has 0 radical (unpaired) electrons. The predicted octanol–water partition coefficient (Wildman–Crippen LogP) is 1.90. The van der Waals surface area contributed by atoms with Gasteiger partial charge in [0.2, 0.25) is 5.91 Å². The first-order valence-corrected chi connectivity index (χ1v) is 5.93. The van der Waals surface area contributed by atoms with E-state index >= 15 is 0 Å². The van der Waals surface area contributed by atoms with Crippen LogP contribution in [-0.4, -0.2) is 17.8 Å². The van der Waals surface area contributed by atoms with E-state index < -0.39 is 0 Å². The number of benzene rings is 1. The molecule has 0 saturated carbocycles. The third-order valence-electron chi connectivity index (χ3n) is 3.32. The van der Waals surface area contributed by atoms with Crippen LogP contribution in [-0.2, 0) is 4.79 Å². The molecule has 1 aromatic rings. The molecule has 3 nitrogen and oxygen atoms in total. The van der Waals surface area contributed by atoms with Crippen LogP contribution in [0.25, 0.3) is 0 Å². The number of nitrogens with zero attached hydrogens (tertiary/aromatic N) is 1. The molecule has 1 aromatic carbocycles. The molecule has 1 aliphatic carbocycles. The molecule has 0 fully saturated rings. The molecule has 1 aliphatic heterocycles. The van der Waals surface area contributed by atoms with Gasteiger partial charge in [-0.3, -0.25) is 9.79 Å². The Hall–Kier alpha value is -1.90. The topological polar surface area (TPSA) is 41.5 Å². The first-order valence-electron chi connectivity index (χ1n) is 5.93. The van der Waals surface area contributed by atoms with Gasteiger partial charge < -0.3 is 5.32 Å². The summed E-state index contributed by atoms with van der Waals surface area (Å²) >= 11 is 0. The zero-order valence-electron chi connectivity index (χ0n) is 9.47. The summed E-state index contributed by atoms with van der Waals surface area (Å²) in [6.07, 6.45) is 5.87. The van der Waals surface area contributed by atoms with Gasteiger partial charge in [-0.15, -0.1) is 0 Å². The summed E-state index contributed by atoms with van der Waals surface area (Å²) in [6.45, 7) is 0. The lowest BCUT2D eigenvalue weighted by Gasteiger charge is -2.30. The van der Waals surface area contributed by atoms with Crippen molar-refractivity contribution in [1.29, 1.82) is 0 Å². The molecule has 0 unspecified atom stereocenters. The van der Waals surface area contributed by atoms with E-state index in [9.17, 15) is 4.79 Å². The molecule has 1 N–H and O–H groups in total. The van der Waals surface area contributed by atoms with Crippen LogP contribution in [0.2, 0.25) is 0 Å². The minimum Gasteiger partial charge on any atom is -0.310 e. The van der Waals surface area contributed by atoms with Crippen molar-refractivity contribution in [3.05, 3.63) is 48.0 Å². The fourth-order valence-corrected chi connectivity index (χ4v) is 2.37. The summed E-state index contributed by atoms with van der Waals surface area (Å²) in [5, 5.41) is 2.91. The van der Waals surface area contributed by atoms with Crippen molar-refractivity contribution in [3.8, 4) is 0 Å². The van der Waals surface area contributed by atoms with Crippen LogP contribution in [0.15, 0.2) is 47.5 Å². The van der Waals surface area contributed by atoms with E-state index in [0.717, 1.165) is 18.4 Å². The molecule has 0 aromatic heterocycles. The van der Waals surface area contributed by atoms with Gasteiger partial charge in [-0.1, -0.05) is 42.5 Å². The summed E-state index contributed by atoms with van der Waals surface area (Å²) < 4.78 is 0. The van der Waals surface area contributed by atoms with Crippen LogP contribution in [0.4, 0.5) is 0 Å². The monoisotopic (exact) mass is 226 g/mol. The van der Waals surface area contributed by atoms with E-state index in [1.807, 2.05) is 30.3 Å². The van der Waals surface area contributed by atoms with Gasteiger partial charge in [0.05, 0.1) is 12.0 Å². The molecule has 3 rings (SSSR count). The SMILES string of the molecule is O=C1NC(c2ccccc2)=N[C@@H]2CC=CC[C@@H]12. The van der Waals surface area contributed by atoms with Crippen molar-refractivity contribution in [2.75, 3.05) is 0 Å². The van der Waals surface area contributed by atoms with Crippen molar-refractivity contribution in [3.63, 3.8) is 0 Å². The highest BCUT2D eigenvalue weighted by atomic mass is 16.2. The number of fused-ring (bicyclic) bond motifs is 1. The molecule has 0 spiro atoms. The van der Waals surface area contributed by atoms with Gasteiger partial charge in [-0.25, -0.2) is 0 Å². The fraction of sp³-hybridized carbons (Fsp3) is 0.286.